The van der Waals surface area contributed by atoms with Crippen molar-refractivity contribution in [2.45, 2.75) is 19.9 Å². The first-order valence-electron chi connectivity index (χ1n) is 5.28. The van der Waals surface area contributed by atoms with Crippen LogP contribution in [-0.4, -0.2) is 28.3 Å². The largest absolute Gasteiger partial charge is 0.338 e. The lowest BCUT2D eigenvalue weighted by Gasteiger charge is -2.13. The van der Waals surface area contributed by atoms with Crippen molar-refractivity contribution in [2.24, 2.45) is 0 Å². The Bertz CT molecular complexity index is 514. The molecule has 1 aromatic heterocycles. The average Bonchev–Trinajstić information content (AvgIpc) is 2.28. The summed E-state index contributed by atoms with van der Waals surface area (Å²) in [7, 11) is 0. The molecule has 1 unspecified atom stereocenters. The van der Waals surface area contributed by atoms with Crippen molar-refractivity contribution >= 4 is 34.5 Å². The lowest BCUT2D eigenvalue weighted by molar-refractivity contribution is -0.123. The van der Waals surface area contributed by atoms with Gasteiger partial charge in [-0.1, -0.05) is 0 Å². The quantitative estimate of drug-likeness (QED) is 0.753. The van der Waals surface area contributed by atoms with Gasteiger partial charge in [0.05, 0.1) is 6.20 Å². The Balaban J connectivity index is 2.80. The Morgan fingerprint density at radius 2 is 2.22 bits per heavy atom. The van der Waals surface area contributed by atoms with Crippen LogP contribution in [0.1, 0.15) is 19.9 Å². The second-order valence-electron chi connectivity index (χ2n) is 3.48. The highest BCUT2D eigenvalue weighted by Crippen LogP contribution is 2.02. The van der Waals surface area contributed by atoms with E-state index in [1.807, 2.05) is 22.6 Å². The fraction of sp³-hybridized carbons (Fsp3) is 0.400. The molecule has 3 amide bonds. The smallest absolute Gasteiger partial charge is 0.321 e. The number of urea groups is 1. The number of hydrogen-bond acceptors (Lipinski definition) is 4. The molecule has 1 rings (SSSR count). The average molecular weight is 364 g/mol. The third kappa shape index (κ3) is 3.79. The summed E-state index contributed by atoms with van der Waals surface area (Å²) in [5.41, 5.74) is -0.388. The van der Waals surface area contributed by atoms with Crippen LogP contribution in [0.3, 0.4) is 0 Å². The van der Waals surface area contributed by atoms with E-state index in [4.69, 9.17) is 0 Å². The molecule has 1 aromatic rings. The topological polar surface area (TPSA) is 93.1 Å². The molecule has 1 atom stereocenters. The first-order valence-corrected chi connectivity index (χ1v) is 6.36. The molecule has 18 heavy (non-hydrogen) atoms. The fourth-order valence-electron chi connectivity index (χ4n) is 1.22. The van der Waals surface area contributed by atoms with Crippen LogP contribution in [0.15, 0.2) is 17.1 Å². The predicted octanol–water partition coefficient (Wildman–Crippen LogP) is 0.255. The van der Waals surface area contributed by atoms with Gasteiger partial charge in [0.15, 0.2) is 0 Å². The zero-order chi connectivity index (χ0) is 13.7. The van der Waals surface area contributed by atoms with Gasteiger partial charge < -0.3 is 5.32 Å². The minimum absolute atomic E-state index is 0.388. The zero-order valence-electron chi connectivity index (χ0n) is 9.94. The molecule has 0 aromatic carbocycles. The predicted molar refractivity (Wildman–Crippen MR) is 73.1 cm³/mol. The monoisotopic (exact) mass is 364 g/mol. The van der Waals surface area contributed by atoms with Gasteiger partial charge >= 0.3 is 6.03 Å². The molecule has 0 aliphatic rings. The van der Waals surface area contributed by atoms with Crippen LogP contribution in [0.4, 0.5) is 4.79 Å². The Kier molecular flexibility index (Phi) is 5.25. The second kappa shape index (κ2) is 6.47. The van der Waals surface area contributed by atoms with Gasteiger partial charge in [-0.2, -0.15) is 5.10 Å². The lowest BCUT2D eigenvalue weighted by atomic mass is 10.3. The summed E-state index contributed by atoms with van der Waals surface area (Å²) in [6, 6.07) is -0.0753. The summed E-state index contributed by atoms with van der Waals surface area (Å²) in [6.45, 7) is 3.64. The molecular weight excluding hydrogens is 351 g/mol. The highest BCUT2D eigenvalue weighted by atomic mass is 127. The third-order valence-electron chi connectivity index (χ3n) is 2.11. The summed E-state index contributed by atoms with van der Waals surface area (Å²) in [4.78, 5) is 34.5. The van der Waals surface area contributed by atoms with Gasteiger partial charge in [-0.15, -0.1) is 0 Å². The normalized spacial score (nSPS) is 11.7. The number of imide groups is 1. The van der Waals surface area contributed by atoms with Crippen LogP contribution in [-0.2, 0) is 4.79 Å². The third-order valence-corrected chi connectivity index (χ3v) is 2.70. The Hall–Kier alpha value is -1.45. The van der Waals surface area contributed by atoms with Crippen LogP contribution >= 0.6 is 22.6 Å². The van der Waals surface area contributed by atoms with E-state index >= 15 is 0 Å². The second-order valence-corrected chi connectivity index (χ2v) is 4.73. The number of halogens is 1. The highest BCUT2D eigenvalue weighted by Gasteiger charge is 2.19. The van der Waals surface area contributed by atoms with E-state index in [0.717, 1.165) is 4.68 Å². The number of rotatable bonds is 3. The zero-order valence-corrected chi connectivity index (χ0v) is 12.1. The molecule has 2 N–H and O–H groups in total. The summed E-state index contributed by atoms with van der Waals surface area (Å²) in [5.74, 6) is -0.586. The molecule has 8 heteroatoms. The van der Waals surface area contributed by atoms with Crippen molar-refractivity contribution in [2.75, 3.05) is 6.54 Å². The van der Waals surface area contributed by atoms with E-state index in [0.29, 0.717) is 10.1 Å². The Morgan fingerprint density at radius 1 is 1.56 bits per heavy atom. The molecule has 98 valence electrons. The first kappa shape index (κ1) is 14.6. The summed E-state index contributed by atoms with van der Waals surface area (Å²) < 4.78 is 1.71. The number of nitrogens with one attached hydrogen (secondary N) is 2. The SMILES string of the molecule is CCNC(=O)NC(=O)C(C)n1ncc(I)cc1=O. The number of nitrogens with zero attached hydrogens (tertiary/aromatic N) is 2. The summed E-state index contributed by atoms with van der Waals surface area (Å²) >= 11 is 1.95. The van der Waals surface area contributed by atoms with Gasteiger partial charge in [-0.3, -0.25) is 14.9 Å². The van der Waals surface area contributed by atoms with Gasteiger partial charge in [0.2, 0.25) is 0 Å². The van der Waals surface area contributed by atoms with Crippen molar-refractivity contribution in [1.29, 1.82) is 0 Å². The maximum atomic E-state index is 11.7. The van der Waals surface area contributed by atoms with Crippen LogP contribution in [0.25, 0.3) is 0 Å². The number of aromatic nitrogens is 2. The molecule has 1 heterocycles. The van der Waals surface area contributed by atoms with Crippen molar-refractivity contribution < 1.29 is 9.59 Å². The maximum Gasteiger partial charge on any atom is 0.321 e. The molecule has 0 bridgehead atoms. The number of hydrogen-bond donors (Lipinski definition) is 2. The molecule has 7 nitrogen and oxygen atoms in total. The van der Waals surface area contributed by atoms with Gasteiger partial charge in [-0.25, -0.2) is 9.48 Å². The maximum absolute atomic E-state index is 11.7. The molecule has 0 saturated carbocycles. The van der Waals surface area contributed by atoms with Crippen molar-refractivity contribution in [3.8, 4) is 0 Å². The van der Waals surface area contributed by atoms with E-state index in [1.165, 1.54) is 19.2 Å². The van der Waals surface area contributed by atoms with Crippen molar-refractivity contribution in [3.63, 3.8) is 0 Å². The molecule has 0 aliphatic heterocycles. The van der Waals surface area contributed by atoms with Crippen LogP contribution in [0.2, 0.25) is 0 Å². The highest BCUT2D eigenvalue weighted by molar-refractivity contribution is 14.1. The van der Waals surface area contributed by atoms with E-state index in [1.54, 1.807) is 6.92 Å². The number of amides is 3. The van der Waals surface area contributed by atoms with Gasteiger partial charge in [0, 0.05) is 16.2 Å². The fourth-order valence-corrected chi connectivity index (χ4v) is 1.61. The molecule has 0 radical (unpaired) electrons. The van der Waals surface area contributed by atoms with Gasteiger partial charge in [-0.05, 0) is 36.4 Å². The van der Waals surface area contributed by atoms with Crippen molar-refractivity contribution in [1.82, 2.24) is 20.4 Å². The summed E-state index contributed by atoms with van der Waals surface area (Å²) in [6.07, 6.45) is 1.47. The van der Waals surface area contributed by atoms with Gasteiger partial charge in [0.25, 0.3) is 11.5 Å². The van der Waals surface area contributed by atoms with E-state index in [2.05, 4.69) is 15.7 Å². The van der Waals surface area contributed by atoms with Crippen LogP contribution in [0, 0.1) is 3.57 Å². The Labute approximate surface area is 117 Å². The van der Waals surface area contributed by atoms with Crippen LogP contribution in [0.5, 0.6) is 0 Å². The van der Waals surface area contributed by atoms with E-state index in [-0.39, 0.29) is 5.56 Å². The standard InChI is InChI=1S/C10H13IN4O3/c1-3-12-10(18)14-9(17)6(2)15-8(16)4-7(11)5-13-15/h4-6H,3H2,1-2H3,(H2,12,14,17,18). The number of carbonyl (C=O) groups excluding carboxylic acids is 2. The Morgan fingerprint density at radius 3 is 2.78 bits per heavy atom. The molecule has 0 fully saturated rings. The van der Waals surface area contributed by atoms with E-state index < -0.39 is 18.0 Å². The number of carbonyl (C=O) groups is 2. The minimum Gasteiger partial charge on any atom is -0.338 e. The lowest BCUT2D eigenvalue weighted by Crippen LogP contribution is -2.44. The molecule has 0 saturated heterocycles. The van der Waals surface area contributed by atoms with Crippen molar-refractivity contribution in [3.05, 3.63) is 26.2 Å². The van der Waals surface area contributed by atoms with E-state index in [9.17, 15) is 14.4 Å². The summed E-state index contributed by atoms with van der Waals surface area (Å²) in [5, 5.41) is 8.41. The molecular formula is C10H13IN4O3. The minimum atomic E-state index is -0.850. The van der Waals surface area contributed by atoms with Gasteiger partial charge in [0.1, 0.15) is 6.04 Å². The molecule has 0 aliphatic carbocycles. The van der Waals surface area contributed by atoms with Crippen LogP contribution < -0.4 is 16.2 Å². The first-order chi connectivity index (χ1) is 8.45. The molecule has 0 spiro atoms.